The van der Waals surface area contributed by atoms with Crippen LogP contribution >= 0.6 is 11.6 Å². The van der Waals surface area contributed by atoms with Gasteiger partial charge >= 0.3 is 0 Å². The van der Waals surface area contributed by atoms with E-state index < -0.39 is 0 Å². The smallest absolute Gasteiger partial charge is 0.145 e. The van der Waals surface area contributed by atoms with Gasteiger partial charge in [-0.3, -0.25) is 0 Å². The number of benzene rings is 1. The maximum Gasteiger partial charge on any atom is 0.145 e. The van der Waals surface area contributed by atoms with E-state index in [1.54, 1.807) is 18.2 Å². The summed E-state index contributed by atoms with van der Waals surface area (Å²) in [7, 11) is 0. The highest BCUT2D eigenvalue weighted by atomic mass is 35.5. The summed E-state index contributed by atoms with van der Waals surface area (Å²) < 4.78 is 13.9. The van der Waals surface area contributed by atoms with E-state index in [1.165, 1.54) is 0 Å². The molecule has 0 spiro atoms. The predicted octanol–water partition coefficient (Wildman–Crippen LogP) is 3.11. The molecule has 82 valence electrons. The lowest BCUT2D eigenvalue weighted by Gasteiger charge is -2.20. The third kappa shape index (κ3) is 1.39. The van der Waals surface area contributed by atoms with Crippen molar-refractivity contribution in [2.24, 2.45) is 11.1 Å². The van der Waals surface area contributed by atoms with E-state index >= 15 is 0 Å². The Morgan fingerprint density at radius 3 is 2.53 bits per heavy atom. The molecule has 15 heavy (non-hydrogen) atoms. The van der Waals surface area contributed by atoms with Crippen LogP contribution < -0.4 is 5.73 Å². The number of rotatable bonds is 2. The second-order valence-corrected chi connectivity index (χ2v) is 5.36. The van der Waals surface area contributed by atoms with E-state index in [1.807, 2.05) is 0 Å². The fraction of sp³-hybridized carbons (Fsp3) is 0.500. The normalized spacial score (nSPS) is 27.8. The standard InChI is InChI=1S/C12H15ClFN/c1-11(2)6-12(11,7-15)8-4-3-5-9(13)10(8)14/h3-5H,6-7,15H2,1-2H3. The zero-order valence-corrected chi connectivity index (χ0v) is 9.74. The van der Waals surface area contributed by atoms with E-state index in [0.717, 1.165) is 6.42 Å². The van der Waals surface area contributed by atoms with Gasteiger partial charge in [-0.25, -0.2) is 4.39 Å². The minimum Gasteiger partial charge on any atom is -0.330 e. The van der Waals surface area contributed by atoms with Crippen LogP contribution in [-0.4, -0.2) is 6.54 Å². The molecule has 1 aromatic rings. The Morgan fingerprint density at radius 1 is 1.47 bits per heavy atom. The number of hydrogen-bond acceptors (Lipinski definition) is 1. The molecule has 1 unspecified atom stereocenters. The molecule has 0 bridgehead atoms. The molecule has 1 aliphatic rings. The molecular weight excluding hydrogens is 213 g/mol. The van der Waals surface area contributed by atoms with Crippen molar-refractivity contribution in [1.29, 1.82) is 0 Å². The molecule has 3 heteroatoms. The Kier molecular flexibility index (Phi) is 2.32. The summed E-state index contributed by atoms with van der Waals surface area (Å²) in [5, 5.41) is 0.183. The molecule has 1 atom stereocenters. The molecule has 2 rings (SSSR count). The van der Waals surface area contributed by atoms with E-state index in [9.17, 15) is 4.39 Å². The highest BCUT2D eigenvalue weighted by Crippen LogP contribution is 2.64. The van der Waals surface area contributed by atoms with Gasteiger partial charge in [0.05, 0.1) is 5.02 Å². The van der Waals surface area contributed by atoms with E-state index in [4.69, 9.17) is 17.3 Å². The van der Waals surface area contributed by atoms with Gasteiger partial charge in [0.25, 0.3) is 0 Å². The summed E-state index contributed by atoms with van der Waals surface area (Å²) in [6.45, 7) is 4.69. The molecule has 1 aromatic carbocycles. The fourth-order valence-electron chi connectivity index (χ4n) is 2.50. The maximum atomic E-state index is 13.9. The Morgan fingerprint density at radius 2 is 2.07 bits per heavy atom. The highest BCUT2D eigenvalue weighted by Gasteiger charge is 2.62. The molecule has 0 aromatic heterocycles. The van der Waals surface area contributed by atoms with Gasteiger partial charge in [0.15, 0.2) is 0 Å². The summed E-state index contributed by atoms with van der Waals surface area (Å²) in [6.07, 6.45) is 0.924. The largest absolute Gasteiger partial charge is 0.330 e. The zero-order valence-electron chi connectivity index (χ0n) is 8.98. The molecule has 1 saturated carbocycles. The van der Waals surface area contributed by atoms with Gasteiger partial charge in [-0.1, -0.05) is 37.6 Å². The van der Waals surface area contributed by atoms with Crippen LogP contribution in [0.5, 0.6) is 0 Å². The van der Waals surface area contributed by atoms with Crippen molar-refractivity contribution in [1.82, 2.24) is 0 Å². The Bertz CT molecular complexity index is 403. The van der Waals surface area contributed by atoms with Gasteiger partial charge < -0.3 is 5.73 Å². The SMILES string of the molecule is CC1(C)CC1(CN)c1cccc(Cl)c1F. The molecule has 0 aliphatic heterocycles. The van der Waals surface area contributed by atoms with Gasteiger partial charge in [0, 0.05) is 12.0 Å². The van der Waals surface area contributed by atoms with Crippen molar-refractivity contribution in [2.75, 3.05) is 6.54 Å². The lowest BCUT2D eigenvalue weighted by atomic mass is 9.87. The summed E-state index contributed by atoms with van der Waals surface area (Å²) >= 11 is 5.78. The van der Waals surface area contributed by atoms with Crippen molar-refractivity contribution in [3.05, 3.63) is 34.6 Å². The third-order valence-corrected chi connectivity index (χ3v) is 4.02. The van der Waals surface area contributed by atoms with Gasteiger partial charge in [-0.15, -0.1) is 0 Å². The Hall–Kier alpha value is -0.600. The first-order valence-corrected chi connectivity index (χ1v) is 5.47. The molecule has 0 heterocycles. The lowest BCUT2D eigenvalue weighted by Crippen LogP contribution is -2.26. The van der Waals surface area contributed by atoms with Crippen molar-refractivity contribution < 1.29 is 4.39 Å². The van der Waals surface area contributed by atoms with Crippen molar-refractivity contribution in [2.45, 2.75) is 25.7 Å². The van der Waals surface area contributed by atoms with Crippen LogP contribution in [-0.2, 0) is 5.41 Å². The first kappa shape index (κ1) is 10.9. The summed E-state index contributed by atoms with van der Waals surface area (Å²) in [6, 6.07) is 5.15. The molecule has 2 N–H and O–H groups in total. The Balaban J connectivity index is 2.51. The minimum absolute atomic E-state index is 0.0767. The molecule has 1 aliphatic carbocycles. The lowest BCUT2D eigenvalue weighted by molar-refractivity contribution is 0.477. The molecule has 1 nitrogen and oxygen atoms in total. The second-order valence-electron chi connectivity index (χ2n) is 4.95. The summed E-state index contributed by atoms with van der Waals surface area (Å²) in [4.78, 5) is 0. The van der Waals surface area contributed by atoms with Crippen LogP contribution in [0, 0.1) is 11.2 Å². The van der Waals surface area contributed by atoms with Gasteiger partial charge in [-0.05, 0) is 23.5 Å². The van der Waals surface area contributed by atoms with Gasteiger partial charge in [0.2, 0.25) is 0 Å². The van der Waals surface area contributed by atoms with Gasteiger partial charge in [0.1, 0.15) is 5.82 Å². The number of hydrogen-bond donors (Lipinski definition) is 1. The molecule has 0 amide bonds. The average Bonchev–Trinajstić information content (AvgIpc) is 2.74. The van der Waals surface area contributed by atoms with Crippen LogP contribution in [0.3, 0.4) is 0 Å². The molecule has 0 saturated heterocycles. The third-order valence-electron chi connectivity index (χ3n) is 3.73. The Labute approximate surface area is 94.4 Å². The second kappa shape index (κ2) is 3.19. The van der Waals surface area contributed by atoms with Crippen LogP contribution in [0.4, 0.5) is 4.39 Å². The number of nitrogens with two attached hydrogens (primary N) is 1. The van der Waals surface area contributed by atoms with Crippen molar-refractivity contribution >= 4 is 11.6 Å². The van der Waals surface area contributed by atoms with Crippen LogP contribution in [0.1, 0.15) is 25.8 Å². The monoisotopic (exact) mass is 227 g/mol. The van der Waals surface area contributed by atoms with E-state index in [-0.39, 0.29) is 21.7 Å². The average molecular weight is 228 g/mol. The maximum absolute atomic E-state index is 13.9. The highest BCUT2D eigenvalue weighted by molar-refractivity contribution is 6.30. The summed E-state index contributed by atoms with van der Waals surface area (Å²) in [5.74, 6) is -0.310. The van der Waals surface area contributed by atoms with Gasteiger partial charge in [-0.2, -0.15) is 0 Å². The molecule has 0 radical (unpaired) electrons. The summed E-state index contributed by atoms with van der Waals surface area (Å²) in [5.41, 5.74) is 6.31. The molecule has 1 fully saturated rings. The molecular formula is C12H15ClFN. The van der Waals surface area contributed by atoms with Crippen LogP contribution in [0.15, 0.2) is 18.2 Å². The van der Waals surface area contributed by atoms with Crippen molar-refractivity contribution in [3.8, 4) is 0 Å². The van der Waals surface area contributed by atoms with E-state index in [0.29, 0.717) is 12.1 Å². The zero-order chi connectivity index (χ0) is 11.3. The van der Waals surface area contributed by atoms with Crippen molar-refractivity contribution in [3.63, 3.8) is 0 Å². The van der Waals surface area contributed by atoms with E-state index in [2.05, 4.69) is 13.8 Å². The van der Waals surface area contributed by atoms with Crippen LogP contribution in [0.2, 0.25) is 5.02 Å². The van der Waals surface area contributed by atoms with Crippen LogP contribution in [0.25, 0.3) is 0 Å². The quantitative estimate of drug-likeness (QED) is 0.826. The first-order chi connectivity index (χ1) is 6.94. The number of halogens is 2. The fourth-order valence-corrected chi connectivity index (χ4v) is 2.68. The topological polar surface area (TPSA) is 26.0 Å². The first-order valence-electron chi connectivity index (χ1n) is 5.09. The predicted molar refractivity (Wildman–Crippen MR) is 60.5 cm³/mol. The minimum atomic E-state index is -0.310.